The zero-order valence-corrected chi connectivity index (χ0v) is 14.0. The number of hydrogen-bond donors (Lipinski definition) is 1. The molecule has 4 heteroatoms. The average Bonchev–Trinajstić information content (AvgIpc) is 2.72. The Morgan fingerprint density at radius 3 is 2.05 bits per heavy atom. The highest BCUT2D eigenvalue weighted by atomic mass is 16.2. The second kappa shape index (κ2) is 5.98. The van der Waals surface area contributed by atoms with Gasteiger partial charge in [0, 0.05) is 6.04 Å². The molecule has 2 rings (SSSR count). The van der Waals surface area contributed by atoms with Gasteiger partial charge in [0.25, 0.3) is 0 Å². The molecule has 1 saturated carbocycles. The van der Waals surface area contributed by atoms with Crippen LogP contribution in [0.3, 0.4) is 0 Å². The Bertz CT molecular complexity index is 405. The number of carbonyl (C=O) groups is 2. The van der Waals surface area contributed by atoms with Crippen molar-refractivity contribution >= 4 is 11.8 Å². The highest BCUT2D eigenvalue weighted by Gasteiger charge is 2.54. The van der Waals surface area contributed by atoms with Crippen LogP contribution in [0, 0.1) is 0 Å². The largest absolute Gasteiger partial charge is 0.340 e. The zero-order valence-electron chi connectivity index (χ0n) is 14.0. The fraction of sp³-hybridized carbons (Fsp3) is 0.882. The van der Waals surface area contributed by atoms with Gasteiger partial charge in [-0.3, -0.25) is 9.59 Å². The van der Waals surface area contributed by atoms with E-state index in [0.717, 1.165) is 25.7 Å². The van der Waals surface area contributed by atoms with Crippen molar-refractivity contribution in [1.82, 2.24) is 10.2 Å². The Kier molecular flexibility index (Phi) is 4.64. The summed E-state index contributed by atoms with van der Waals surface area (Å²) in [7, 11) is 0. The first-order valence-electron chi connectivity index (χ1n) is 8.55. The molecule has 1 aliphatic heterocycles. The summed E-state index contributed by atoms with van der Waals surface area (Å²) in [5, 5.41) is 3.02. The molecular weight excluding hydrogens is 264 g/mol. The third-order valence-corrected chi connectivity index (χ3v) is 5.54. The Hall–Kier alpha value is -1.06. The minimum absolute atomic E-state index is 0.00459. The first kappa shape index (κ1) is 16.3. The number of amides is 2. The van der Waals surface area contributed by atoms with Crippen LogP contribution in [0.25, 0.3) is 0 Å². The molecule has 0 unspecified atom stereocenters. The maximum Gasteiger partial charge on any atom is 0.249 e. The summed E-state index contributed by atoms with van der Waals surface area (Å²) in [6.07, 6.45) is 8.21. The Morgan fingerprint density at radius 2 is 1.57 bits per heavy atom. The lowest BCUT2D eigenvalue weighted by Gasteiger charge is -2.52. The molecule has 0 bridgehead atoms. The van der Waals surface area contributed by atoms with Crippen molar-refractivity contribution in [3.05, 3.63) is 0 Å². The van der Waals surface area contributed by atoms with Gasteiger partial charge in [-0.1, -0.05) is 39.5 Å². The number of nitrogens with one attached hydrogen (secondary N) is 1. The molecule has 21 heavy (non-hydrogen) atoms. The highest BCUT2D eigenvalue weighted by molar-refractivity contribution is 6.02. The van der Waals surface area contributed by atoms with Crippen LogP contribution < -0.4 is 5.32 Å². The summed E-state index contributed by atoms with van der Waals surface area (Å²) < 4.78 is 0. The summed E-state index contributed by atoms with van der Waals surface area (Å²) in [4.78, 5) is 27.8. The molecule has 0 radical (unpaired) electrons. The maximum atomic E-state index is 13.2. The van der Waals surface area contributed by atoms with Gasteiger partial charge in [-0.2, -0.15) is 0 Å². The first-order chi connectivity index (χ1) is 9.89. The predicted octanol–water partition coefficient (Wildman–Crippen LogP) is 3.01. The van der Waals surface area contributed by atoms with Crippen LogP contribution in [0.4, 0.5) is 0 Å². The number of hydrogen-bond acceptors (Lipinski definition) is 2. The summed E-state index contributed by atoms with van der Waals surface area (Å²) in [5.74, 6) is 0.124. The van der Waals surface area contributed by atoms with Crippen molar-refractivity contribution in [1.29, 1.82) is 0 Å². The fourth-order valence-electron chi connectivity index (χ4n) is 3.89. The van der Waals surface area contributed by atoms with Crippen molar-refractivity contribution in [3.8, 4) is 0 Å². The second-order valence-corrected chi connectivity index (χ2v) is 7.12. The number of nitrogens with zero attached hydrogens (tertiary/aromatic N) is 1. The van der Waals surface area contributed by atoms with Crippen LogP contribution >= 0.6 is 0 Å². The van der Waals surface area contributed by atoms with E-state index in [1.54, 1.807) is 0 Å². The molecule has 0 atom stereocenters. The van der Waals surface area contributed by atoms with E-state index in [2.05, 4.69) is 5.32 Å². The molecule has 4 nitrogen and oxygen atoms in total. The van der Waals surface area contributed by atoms with E-state index < -0.39 is 11.1 Å². The number of carbonyl (C=O) groups excluding carboxylic acids is 2. The van der Waals surface area contributed by atoms with Gasteiger partial charge in [0.2, 0.25) is 11.8 Å². The van der Waals surface area contributed by atoms with Crippen molar-refractivity contribution in [3.63, 3.8) is 0 Å². The van der Waals surface area contributed by atoms with Gasteiger partial charge in [-0.25, -0.2) is 0 Å². The molecule has 2 aliphatic rings. The van der Waals surface area contributed by atoms with Gasteiger partial charge >= 0.3 is 0 Å². The molecule has 2 fully saturated rings. The summed E-state index contributed by atoms with van der Waals surface area (Å²) >= 11 is 0. The van der Waals surface area contributed by atoms with E-state index in [-0.39, 0.29) is 17.9 Å². The van der Waals surface area contributed by atoms with Crippen molar-refractivity contribution in [2.24, 2.45) is 0 Å². The van der Waals surface area contributed by atoms with Crippen molar-refractivity contribution in [2.75, 3.05) is 0 Å². The lowest BCUT2D eigenvalue weighted by atomic mass is 9.81. The van der Waals surface area contributed by atoms with Crippen LogP contribution in [-0.2, 0) is 9.59 Å². The third kappa shape index (κ3) is 2.69. The van der Waals surface area contributed by atoms with Crippen LogP contribution in [0.5, 0.6) is 0 Å². The molecule has 1 heterocycles. The maximum absolute atomic E-state index is 13.2. The van der Waals surface area contributed by atoms with Gasteiger partial charge in [-0.05, 0) is 39.5 Å². The minimum atomic E-state index is -0.736. The normalized spacial score (nSPS) is 26.4. The second-order valence-electron chi connectivity index (χ2n) is 7.12. The third-order valence-electron chi connectivity index (χ3n) is 5.54. The predicted molar refractivity (Wildman–Crippen MR) is 83.9 cm³/mol. The first-order valence-corrected chi connectivity index (χ1v) is 8.55. The zero-order chi connectivity index (χ0) is 15.7. The molecule has 0 spiro atoms. The fourth-order valence-corrected chi connectivity index (χ4v) is 3.89. The minimum Gasteiger partial charge on any atom is -0.340 e. The van der Waals surface area contributed by atoms with Crippen molar-refractivity contribution in [2.45, 2.75) is 96.2 Å². The van der Waals surface area contributed by atoms with E-state index in [9.17, 15) is 9.59 Å². The van der Waals surface area contributed by atoms with Crippen LogP contribution in [0.1, 0.15) is 79.1 Å². The number of piperazine rings is 1. The lowest BCUT2D eigenvalue weighted by molar-refractivity contribution is -0.165. The SMILES string of the molecule is CCC1(CC)NC(=O)C(C)(C)N(C2CCCCCC2)C1=O. The van der Waals surface area contributed by atoms with Gasteiger partial charge < -0.3 is 10.2 Å². The molecule has 1 N–H and O–H groups in total. The molecule has 0 aromatic heterocycles. The van der Waals surface area contributed by atoms with Gasteiger partial charge in [0.05, 0.1) is 0 Å². The average molecular weight is 294 g/mol. The topological polar surface area (TPSA) is 49.4 Å². The van der Waals surface area contributed by atoms with E-state index >= 15 is 0 Å². The highest BCUT2D eigenvalue weighted by Crippen LogP contribution is 2.35. The van der Waals surface area contributed by atoms with Crippen LogP contribution in [0.2, 0.25) is 0 Å². The molecule has 0 aromatic carbocycles. The van der Waals surface area contributed by atoms with E-state index in [1.807, 2.05) is 32.6 Å². The van der Waals surface area contributed by atoms with E-state index in [4.69, 9.17) is 0 Å². The van der Waals surface area contributed by atoms with E-state index in [1.165, 1.54) is 12.8 Å². The molecule has 2 amide bonds. The quantitative estimate of drug-likeness (QED) is 0.813. The van der Waals surface area contributed by atoms with Gasteiger partial charge in [0.1, 0.15) is 11.1 Å². The molecular formula is C17H30N2O2. The van der Waals surface area contributed by atoms with Gasteiger partial charge in [-0.15, -0.1) is 0 Å². The molecule has 1 aliphatic carbocycles. The monoisotopic (exact) mass is 294 g/mol. The van der Waals surface area contributed by atoms with Gasteiger partial charge in [0.15, 0.2) is 0 Å². The van der Waals surface area contributed by atoms with Crippen molar-refractivity contribution < 1.29 is 9.59 Å². The molecule has 1 saturated heterocycles. The lowest BCUT2D eigenvalue weighted by Crippen LogP contribution is -2.75. The summed E-state index contributed by atoms with van der Waals surface area (Å²) in [6, 6.07) is 0.221. The Morgan fingerprint density at radius 1 is 1.05 bits per heavy atom. The molecule has 0 aromatic rings. The smallest absolute Gasteiger partial charge is 0.249 e. The Labute approximate surface area is 128 Å². The van der Waals surface area contributed by atoms with E-state index in [0.29, 0.717) is 12.8 Å². The van der Waals surface area contributed by atoms with Crippen LogP contribution in [0.15, 0.2) is 0 Å². The standard InChI is InChI=1S/C17H30N2O2/c1-5-17(6-2)15(21)19(16(3,4)14(20)18-17)13-11-9-7-8-10-12-13/h13H,5-12H2,1-4H3,(H,18,20). The number of rotatable bonds is 3. The summed E-state index contributed by atoms with van der Waals surface area (Å²) in [6.45, 7) is 7.76. The van der Waals surface area contributed by atoms with Crippen LogP contribution in [-0.4, -0.2) is 33.8 Å². The summed E-state index contributed by atoms with van der Waals surface area (Å²) in [5.41, 5.74) is -1.43. The Balaban J connectivity index is 2.37. The molecule has 120 valence electrons.